The third kappa shape index (κ3) is 6.21. The molecular formula is C54H38N4PtSi. The molecule has 2 aromatic heterocycles. The number of hydrogen-bond acceptors (Lipinski definition) is 3. The van der Waals surface area contributed by atoms with Crippen molar-refractivity contribution in [3.63, 3.8) is 0 Å². The second kappa shape index (κ2) is 15.8. The molecule has 0 N–H and O–H groups in total. The summed E-state index contributed by atoms with van der Waals surface area (Å²) in [5.74, 6) is 0.863. The van der Waals surface area contributed by atoms with Crippen LogP contribution < -0.4 is 30.5 Å². The molecule has 8 aromatic carbocycles. The molecule has 0 saturated carbocycles. The van der Waals surface area contributed by atoms with Gasteiger partial charge in [-0.05, 0) is 69.4 Å². The summed E-state index contributed by atoms with van der Waals surface area (Å²) < 4.78 is 2.30. The molecule has 0 aliphatic carbocycles. The van der Waals surface area contributed by atoms with E-state index in [1.807, 2.05) is 6.20 Å². The maximum atomic E-state index is 5.01. The molecule has 4 nitrogen and oxygen atoms in total. The predicted molar refractivity (Wildman–Crippen MR) is 247 cm³/mol. The van der Waals surface area contributed by atoms with E-state index in [0.29, 0.717) is 6.67 Å². The van der Waals surface area contributed by atoms with Crippen LogP contribution in [0.2, 0.25) is 0 Å². The quantitative estimate of drug-likeness (QED) is 0.0862. The molecule has 0 bridgehead atoms. The van der Waals surface area contributed by atoms with Crippen molar-refractivity contribution in [2.45, 2.75) is 0 Å². The first kappa shape index (κ1) is 37.5. The van der Waals surface area contributed by atoms with Gasteiger partial charge in [0, 0.05) is 17.4 Å². The van der Waals surface area contributed by atoms with E-state index >= 15 is 0 Å². The smallest absolute Gasteiger partial charge is 0.345 e. The predicted octanol–water partition coefficient (Wildman–Crippen LogP) is 10.1. The number of rotatable bonds is 8. The first-order chi connectivity index (χ1) is 29.3. The molecule has 1 aliphatic rings. The van der Waals surface area contributed by atoms with E-state index in [-0.39, 0.29) is 21.1 Å². The van der Waals surface area contributed by atoms with Crippen molar-refractivity contribution in [2.24, 2.45) is 0 Å². The Morgan fingerprint density at radius 1 is 0.467 bits per heavy atom. The van der Waals surface area contributed by atoms with Gasteiger partial charge in [-0.2, -0.15) is 46.8 Å². The molecule has 0 amide bonds. The zero-order chi connectivity index (χ0) is 39.2. The van der Waals surface area contributed by atoms with Crippen LogP contribution in [0.5, 0.6) is 0 Å². The zero-order valence-corrected chi connectivity index (χ0v) is 35.9. The van der Waals surface area contributed by atoms with Gasteiger partial charge < -0.3 is 14.4 Å². The minimum Gasteiger partial charge on any atom is -0.345 e. The molecule has 0 saturated heterocycles. The molecular weight excluding hydrogens is 928 g/mol. The molecule has 0 unspecified atom stereocenters. The number of anilines is 4. The number of benzene rings is 8. The Labute approximate surface area is 365 Å². The average Bonchev–Trinajstić information content (AvgIpc) is 3.87. The fraction of sp³-hybridized carbons (Fsp3) is 0.0185. The Morgan fingerprint density at radius 3 is 1.78 bits per heavy atom. The van der Waals surface area contributed by atoms with E-state index in [2.05, 4.69) is 239 Å². The van der Waals surface area contributed by atoms with Crippen molar-refractivity contribution in [2.75, 3.05) is 16.5 Å². The van der Waals surface area contributed by atoms with E-state index in [9.17, 15) is 0 Å². The number of para-hydroxylation sites is 4. The first-order valence-corrected chi connectivity index (χ1v) is 22.1. The average molecular weight is 966 g/mol. The summed E-state index contributed by atoms with van der Waals surface area (Å²) in [4.78, 5) is 9.80. The Balaban J connectivity index is 0.00000433. The molecule has 288 valence electrons. The van der Waals surface area contributed by atoms with Crippen LogP contribution in [0.25, 0.3) is 38.8 Å². The topological polar surface area (TPSA) is 24.3 Å². The molecule has 10 aromatic rings. The van der Waals surface area contributed by atoms with Crippen LogP contribution in [-0.4, -0.2) is 24.3 Å². The maximum absolute atomic E-state index is 5.01. The first-order valence-electron chi connectivity index (χ1n) is 20.1. The van der Waals surface area contributed by atoms with Crippen LogP contribution in [0.4, 0.5) is 22.7 Å². The van der Waals surface area contributed by atoms with Crippen LogP contribution in [0.1, 0.15) is 0 Å². The second-order valence-corrected chi connectivity index (χ2v) is 18.7. The number of hydrogen-bond donors (Lipinski definition) is 0. The number of fused-ring (bicyclic) bond motifs is 4. The summed E-state index contributed by atoms with van der Waals surface area (Å²) in [6, 6.07) is 84.6. The van der Waals surface area contributed by atoms with E-state index in [0.717, 1.165) is 49.9 Å². The maximum Gasteiger partial charge on any atom is 2.00 e. The normalized spacial score (nSPS) is 12.4. The van der Waals surface area contributed by atoms with Crippen molar-refractivity contribution < 1.29 is 21.1 Å². The number of nitrogens with zero attached hydrogens (tertiary/aromatic N) is 4. The Hall–Kier alpha value is -6.78. The van der Waals surface area contributed by atoms with E-state index in [1.54, 1.807) is 0 Å². The van der Waals surface area contributed by atoms with Crippen LogP contribution in [0.3, 0.4) is 0 Å². The number of aromatic nitrogens is 2. The van der Waals surface area contributed by atoms with Gasteiger partial charge in [0.25, 0.3) is 0 Å². The molecule has 1 aliphatic heterocycles. The van der Waals surface area contributed by atoms with Gasteiger partial charge in [0.05, 0.1) is 18.0 Å². The summed E-state index contributed by atoms with van der Waals surface area (Å²) in [5.41, 5.74) is 8.94. The standard InChI is InChI=1S/C54H38N4Si.Pt/c1-5-18-40(19-6-1)41-34-35-55-54(36-41)58-50-29-14-13-28-48(50)49-33-32-47(38-53(49)58)59(44-23-9-3-10-24-44,45-25-11-4-12-26-45)46-27-17-22-43(37-46)57-39-56(42-20-7-2-8-21-42)51-30-15-16-31-52(51)57;/h1-36H,39H2;/q-2;+2. The summed E-state index contributed by atoms with van der Waals surface area (Å²) in [6.07, 6.45) is 1.92. The van der Waals surface area contributed by atoms with Crippen molar-refractivity contribution in [3.8, 4) is 16.9 Å². The summed E-state index contributed by atoms with van der Waals surface area (Å²) in [5, 5.41) is 7.20. The minimum absolute atomic E-state index is 0. The third-order valence-electron chi connectivity index (χ3n) is 11.8. The molecule has 0 spiro atoms. The van der Waals surface area contributed by atoms with E-state index in [4.69, 9.17) is 4.98 Å². The van der Waals surface area contributed by atoms with E-state index in [1.165, 1.54) is 32.3 Å². The monoisotopic (exact) mass is 965 g/mol. The van der Waals surface area contributed by atoms with Crippen molar-refractivity contribution in [1.82, 2.24) is 9.55 Å². The van der Waals surface area contributed by atoms with E-state index < -0.39 is 8.07 Å². The molecule has 6 heteroatoms. The van der Waals surface area contributed by atoms with Crippen LogP contribution in [0, 0.1) is 12.1 Å². The van der Waals surface area contributed by atoms with Gasteiger partial charge in [0.15, 0.2) is 0 Å². The van der Waals surface area contributed by atoms with Crippen molar-refractivity contribution in [3.05, 3.63) is 231 Å². The molecule has 0 fully saturated rings. The Bertz CT molecular complexity index is 3060. The van der Waals surface area contributed by atoms with Crippen LogP contribution in [0.15, 0.2) is 219 Å². The largest absolute Gasteiger partial charge is 2.00 e. The van der Waals surface area contributed by atoms with Gasteiger partial charge in [-0.25, -0.2) is 4.98 Å². The van der Waals surface area contributed by atoms with Crippen LogP contribution >= 0.6 is 0 Å². The van der Waals surface area contributed by atoms with Gasteiger partial charge in [0.2, 0.25) is 0 Å². The Morgan fingerprint density at radius 2 is 1.07 bits per heavy atom. The SMILES string of the molecule is [Pt+2].[c-]1c(N2CN(c3ccccc3)c3ccccc32)cccc1[Si](c1[c-]c2c(cc1)c1ccccc1n2-c1cc(-c2ccccc2)ccn1)(c1ccccc1)c1ccccc1. The Kier molecular flexibility index (Phi) is 9.85. The summed E-state index contributed by atoms with van der Waals surface area (Å²) in [7, 11) is -3.09. The van der Waals surface area contributed by atoms with Crippen molar-refractivity contribution >= 4 is 73.4 Å². The van der Waals surface area contributed by atoms with Gasteiger partial charge in [-0.1, -0.05) is 151 Å². The molecule has 60 heavy (non-hydrogen) atoms. The number of pyridine rings is 1. The third-order valence-corrected chi connectivity index (χ3v) is 16.4. The fourth-order valence-electron chi connectivity index (χ4n) is 9.09. The molecule has 11 rings (SSSR count). The van der Waals surface area contributed by atoms with Gasteiger partial charge >= 0.3 is 21.1 Å². The molecule has 3 heterocycles. The zero-order valence-electron chi connectivity index (χ0n) is 32.6. The van der Waals surface area contributed by atoms with Crippen molar-refractivity contribution in [1.29, 1.82) is 0 Å². The van der Waals surface area contributed by atoms with Gasteiger partial charge in [-0.15, -0.1) is 11.5 Å². The van der Waals surface area contributed by atoms with Gasteiger partial charge in [-0.3, -0.25) is 0 Å². The minimum atomic E-state index is -3.09. The molecule has 0 radical (unpaired) electrons. The van der Waals surface area contributed by atoms with Crippen LogP contribution in [-0.2, 0) is 21.1 Å². The molecule has 0 atom stereocenters. The summed E-state index contributed by atoms with van der Waals surface area (Å²) in [6.45, 7) is 0.682. The summed E-state index contributed by atoms with van der Waals surface area (Å²) >= 11 is 0. The van der Waals surface area contributed by atoms with Gasteiger partial charge in [0.1, 0.15) is 13.9 Å². The fourth-order valence-corrected chi connectivity index (χ4v) is 13.6. The second-order valence-electron chi connectivity index (χ2n) is 15.0.